The first-order valence-corrected chi connectivity index (χ1v) is 7.94. The van der Waals surface area contributed by atoms with Crippen molar-refractivity contribution in [2.45, 2.75) is 32.7 Å². The molecule has 1 N–H and O–H groups in total. The maximum absolute atomic E-state index is 12.4. The maximum atomic E-state index is 12.4. The van der Waals surface area contributed by atoms with Crippen LogP contribution in [0.1, 0.15) is 40.8 Å². The van der Waals surface area contributed by atoms with Gasteiger partial charge in [0.25, 0.3) is 0 Å². The summed E-state index contributed by atoms with van der Waals surface area (Å²) in [7, 11) is 0. The Morgan fingerprint density at radius 3 is 2.58 bits per heavy atom. The van der Waals surface area contributed by atoms with Gasteiger partial charge in [0.1, 0.15) is 17.6 Å². The highest BCUT2D eigenvalue weighted by atomic mass is 16.5. The lowest BCUT2D eigenvalue weighted by Crippen LogP contribution is -2.29. The summed E-state index contributed by atoms with van der Waals surface area (Å²) >= 11 is 0. The van der Waals surface area contributed by atoms with Gasteiger partial charge in [0.2, 0.25) is 5.91 Å². The van der Waals surface area contributed by atoms with Crippen molar-refractivity contribution in [3.63, 3.8) is 0 Å². The van der Waals surface area contributed by atoms with Gasteiger partial charge in [-0.05, 0) is 38.0 Å². The first kappa shape index (κ1) is 16.1. The molecule has 124 valence electrons. The zero-order chi connectivity index (χ0) is 16.9. The molecule has 0 spiro atoms. The predicted molar refractivity (Wildman–Crippen MR) is 89.4 cm³/mol. The van der Waals surface area contributed by atoms with E-state index in [-0.39, 0.29) is 11.9 Å². The van der Waals surface area contributed by atoms with Gasteiger partial charge in [-0.15, -0.1) is 0 Å². The number of furan rings is 1. The third kappa shape index (κ3) is 3.56. The van der Waals surface area contributed by atoms with E-state index in [1.807, 2.05) is 56.3 Å². The molecule has 3 rings (SSSR count). The highest BCUT2D eigenvalue weighted by molar-refractivity contribution is 5.77. The monoisotopic (exact) mass is 324 g/mol. The average Bonchev–Trinajstić information content (AvgIpc) is 3.23. The molecule has 0 aliphatic heterocycles. The molecule has 5 nitrogen and oxygen atoms in total. The van der Waals surface area contributed by atoms with E-state index in [1.54, 1.807) is 6.26 Å². The van der Waals surface area contributed by atoms with E-state index in [2.05, 4.69) is 10.5 Å². The van der Waals surface area contributed by atoms with E-state index >= 15 is 0 Å². The zero-order valence-electron chi connectivity index (χ0n) is 13.8. The van der Waals surface area contributed by atoms with Crippen molar-refractivity contribution in [3.8, 4) is 0 Å². The van der Waals surface area contributed by atoms with Crippen molar-refractivity contribution < 1.29 is 13.7 Å². The number of rotatable bonds is 6. The van der Waals surface area contributed by atoms with Gasteiger partial charge in [-0.2, -0.15) is 0 Å². The zero-order valence-corrected chi connectivity index (χ0v) is 13.8. The molecule has 0 saturated heterocycles. The van der Waals surface area contributed by atoms with Crippen LogP contribution in [0, 0.1) is 13.8 Å². The Hall–Kier alpha value is -2.82. The number of carbonyl (C=O) groups excluding carboxylic acids is 1. The van der Waals surface area contributed by atoms with Crippen LogP contribution in [-0.4, -0.2) is 11.1 Å². The molecule has 1 unspecified atom stereocenters. The third-order valence-corrected chi connectivity index (χ3v) is 4.05. The van der Waals surface area contributed by atoms with Gasteiger partial charge >= 0.3 is 0 Å². The first-order valence-electron chi connectivity index (χ1n) is 7.94. The molecule has 0 fully saturated rings. The van der Waals surface area contributed by atoms with Crippen molar-refractivity contribution in [1.82, 2.24) is 10.5 Å². The molecule has 1 amide bonds. The van der Waals surface area contributed by atoms with Crippen LogP contribution >= 0.6 is 0 Å². The first-order chi connectivity index (χ1) is 11.6. The minimum absolute atomic E-state index is 0.0414. The number of benzene rings is 1. The lowest BCUT2D eigenvalue weighted by molar-refractivity contribution is -0.121. The number of aromatic nitrogens is 1. The summed E-state index contributed by atoms with van der Waals surface area (Å²) in [5.74, 6) is 1.44. The Kier molecular flexibility index (Phi) is 4.79. The van der Waals surface area contributed by atoms with Crippen molar-refractivity contribution >= 4 is 5.91 Å². The fraction of sp³-hybridized carbons (Fsp3) is 0.263. The van der Waals surface area contributed by atoms with Crippen molar-refractivity contribution in [3.05, 3.63) is 77.1 Å². The summed E-state index contributed by atoms with van der Waals surface area (Å²) in [4.78, 5) is 12.4. The molecule has 1 aromatic carbocycles. The molecule has 2 heterocycles. The third-order valence-electron chi connectivity index (χ3n) is 4.05. The Labute approximate surface area is 140 Å². The standard InChI is InChI=1S/C19H20N2O3/c1-13-16(14(2)24-21-13)10-11-18(22)20-19(17-9-6-12-23-17)15-7-4-3-5-8-15/h3-9,12,19H,10-11H2,1-2H3,(H,20,22). The molecular weight excluding hydrogens is 304 g/mol. The molecule has 0 bridgehead atoms. The van der Waals surface area contributed by atoms with E-state index in [4.69, 9.17) is 8.94 Å². The van der Waals surface area contributed by atoms with E-state index < -0.39 is 0 Å². The molecule has 0 aliphatic rings. The van der Waals surface area contributed by atoms with Gasteiger partial charge in [-0.3, -0.25) is 4.79 Å². The van der Waals surface area contributed by atoms with Crippen LogP contribution in [0.5, 0.6) is 0 Å². The Bertz CT molecular complexity index is 772. The minimum atomic E-state index is -0.293. The van der Waals surface area contributed by atoms with Crippen LogP contribution in [-0.2, 0) is 11.2 Å². The molecule has 2 aromatic heterocycles. The molecule has 0 saturated carbocycles. The highest BCUT2D eigenvalue weighted by Gasteiger charge is 2.20. The van der Waals surface area contributed by atoms with Gasteiger partial charge in [0.15, 0.2) is 0 Å². The number of hydrogen-bond acceptors (Lipinski definition) is 4. The summed E-state index contributed by atoms with van der Waals surface area (Å²) in [6.07, 6.45) is 2.58. The second-order valence-electron chi connectivity index (χ2n) is 5.73. The summed E-state index contributed by atoms with van der Waals surface area (Å²) < 4.78 is 10.6. The fourth-order valence-corrected chi connectivity index (χ4v) is 2.75. The number of hydrogen-bond donors (Lipinski definition) is 1. The second-order valence-corrected chi connectivity index (χ2v) is 5.73. The van der Waals surface area contributed by atoms with E-state index in [0.717, 1.165) is 22.6 Å². The molecule has 1 atom stereocenters. The minimum Gasteiger partial charge on any atom is -0.467 e. The van der Waals surface area contributed by atoms with Crippen molar-refractivity contribution in [2.24, 2.45) is 0 Å². The number of nitrogens with one attached hydrogen (secondary N) is 1. The molecule has 0 radical (unpaired) electrons. The van der Waals surface area contributed by atoms with Gasteiger partial charge in [0, 0.05) is 12.0 Å². The van der Waals surface area contributed by atoms with Crippen LogP contribution in [0.15, 0.2) is 57.7 Å². The predicted octanol–water partition coefficient (Wildman–Crippen LogP) is 3.72. The number of aryl methyl sites for hydroxylation is 2. The maximum Gasteiger partial charge on any atom is 0.221 e. The Balaban J connectivity index is 1.70. The second kappa shape index (κ2) is 7.17. The molecule has 5 heteroatoms. The van der Waals surface area contributed by atoms with Crippen molar-refractivity contribution in [1.29, 1.82) is 0 Å². The van der Waals surface area contributed by atoms with Crippen LogP contribution < -0.4 is 5.32 Å². The molecule has 24 heavy (non-hydrogen) atoms. The highest BCUT2D eigenvalue weighted by Crippen LogP contribution is 2.23. The lowest BCUT2D eigenvalue weighted by atomic mass is 10.0. The topological polar surface area (TPSA) is 68.3 Å². The van der Waals surface area contributed by atoms with E-state index in [9.17, 15) is 4.79 Å². The smallest absolute Gasteiger partial charge is 0.221 e. The van der Waals surface area contributed by atoms with Crippen LogP contribution in [0.3, 0.4) is 0 Å². The number of carbonyl (C=O) groups is 1. The van der Waals surface area contributed by atoms with E-state index in [1.165, 1.54) is 0 Å². The van der Waals surface area contributed by atoms with Gasteiger partial charge < -0.3 is 14.3 Å². The average molecular weight is 324 g/mol. The lowest BCUT2D eigenvalue weighted by Gasteiger charge is -2.17. The number of nitrogens with zero attached hydrogens (tertiary/aromatic N) is 1. The van der Waals surface area contributed by atoms with Gasteiger partial charge in [-0.1, -0.05) is 35.5 Å². The molecule has 0 aliphatic carbocycles. The van der Waals surface area contributed by atoms with Crippen LogP contribution in [0.4, 0.5) is 0 Å². The Morgan fingerprint density at radius 1 is 1.17 bits per heavy atom. The summed E-state index contributed by atoms with van der Waals surface area (Å²) in [5, 5.41) is 6.97. The summed E-state index contributed by atoms with van der Waals surface area (Å²) in [6.45, 7) is 3.75. The summed E-state index contributed by atoms with van der Waals surface area (Å²) in [5.41, 5.74) is 2.82. The van der Waals surface area contributed by atoms with Gasteiger partial charge in [-0.25, -0.2) is 0 Å². The van der Waals surface area contributed by atoms with Crippen molar-refractivity contribution in [2.75, 3.05) is 0 Å². The van der Waals surface area contributed by atoms with E-state index in [0.29, 0.717) is 18.6 Å². The molecular formula is C19H20N2O3. The normalized spacial score (nSPS) is 12.1. The van der Waals surface area contributed by atoms with Crippen LogP contribution in [0.25, 0.3) is 0 Å². The Morgan fingerprint density at radius 2 is 1.96 bits per heavy atom. The SMILES string of the molecule is Cc1noc(C)c1CCC(=O)NC(c1ccccc1)c1ccco1. The largest absolute Gasteiger partial charge is 0.467 e. The quantitative estimate of drug-likeness (QED) is 0.750. The number of amides is 1. The molecule has 3 aromatic rings. The van der Waals surface area contributed by atoms with Gasteiger partial charge in [0.05, 0.1) is 12.0 Å². The van der Waals surface area contributed by atoms with Crippen LogP contribution in [0.2, 0.25) is 0 Å². The summed E-state index contributed by atoms with van der Waals surface area (Å²) in [6, 6.07) is 13.2. The fourth-order valence-electron chi connectivity index (χ4n) is 2.75.